The van der Waals surface area contributed by atoms with Gasteiger partial charge in [-0.2, -0.15) is 0 Å². The Morgan fingerprint density at radius 2 is 2.08 bits per heavy atom. The molecule has 0 aliphatic rings. The van der Waals surface area contributed by atoms with Crippen molar-refractivity contribution in [1.29, 1.82) is 0 Å². The van der Waals surface area contributed by atoms with E-state index in [1.165, 1.54) is 36.0 Å². The van der Waals surface area contributed by atoms with Crippen molar-refractivity contribution in [2.45, 2.75) is 32.1 Å². The zero-order valence-electron chi connectivity index (χ0n) is 15.1. The Morgan fingerprint density at radius 3 is 2.69 bits per heavy atom. The van der Waals surface area contributed by atoms with Crippen LogP contribution in [0.25, 0.3) is 0 Å². The Kier molecular flexibility index (Phi) is 7.20. The molecule has 0 aliphatic heterocycles. The molecule has 2 aromatic rings. The van der Waals surface area contributed by atoms with Gasteiger partial charge >= 0.3 is 0 Å². The third kappa shape index (κ3) is 5.87. The maximum atomic E-state index is 12.9. The number of hydrogen-bond donors (Lipinski definition) is 0. The lowest BCUT2D eigenvalue weighted by atomic mass is 10.3. The number of rotatable bonds is 9. The highest BCUT2D eigenvalue weighted by molar-refractivity contribution is 7.99. The number of nitrogens with zero attached hydrogens (tertiary/aromatic N) is 3. The smallest absolute Gasteiger partial charge is 0.277 e. The third-order valence-electron chi connectivity index (χ3n) is 3.41. The highest BCUT2D eigenvalue weighted by Crippen LogP contribution is 2.24. The first-order valence-corrected chi connectivity index (χ1v) is 9.18. The molecule has 140 valence electrons. The van der Waals surface area contributed by atoms with Crippen LogP contribution in [0.5, 0.6) is 5.75 Å². The van der Waals surface area contributed by atoms with Crippen LogP contribution in [0, 0.1) is 5.82 Å². The molecule has 0 unspecified atom stereocenters. The predicted octanol–water partition coefficient (Wildman–Crippen LogP) is 3.87. The summed E-state index contributed by atoms with van der Waals surface area (Å²) in [5.41, 5.74) is 0.928. The summed E-state index contributed by atoms with van der Waals surface area (Å²) in [6, 6.07) is 5.68. The van der Waals surface area contributed by atoms with Gasteiger partial charge in [0.25, 0.3) is 11.1 Å². The van der Waals surface area contributed by atoms with Gasteiger partial charge in [0, 0.05) is 13.1 Å². The summed E-state index contributed by atoms with van der Waals surface area (Å²) < 4.78 is 24.1. The van der Waals surface area contributed by atoms with E-state index in [1.807, 2.05) is 13.8 Å². The van der Waals surface area contributed by atoms with Crippen LogP contribution in [0.1, 0.15) is 32.8 Å². The number of benzene rings is 1. The largest absolute Gasteiger partial charge is 0.481 e. The van der Waals surface area contributed by atoms with Crippen LogP contribution in [0.4, 0.5) is 4.39 Å². The molecule has 1 atom stereocenters. The number of carbonyl (C=O) groups excluding carboxylic acids is 1. The Hall–Kier alpha value is -2.35. The lowest BCUT2D eigenvalue weighted by molar-refractivity contribution is -0.127. The molecule has 0 bridgehead atoms. The van der Waals surface area contributed by atoms with Gasteiger partial charge in [-0.25, -0.2) is 4.39 Å². The van der Waals surface area contributed by atoms with Crippen molar-refractivity contribution in [2.75, 3.05) is 18.8 Å². The minimum atomic E-state index is -0.492. The topological polar surface area (TPSA) is 68.5 Å². The van der Waals surface area contributed by atoms with Crippen LogP contribution >= 0.6 is 11.8 Å². The number of carbonyl (C=O) groups is 1. The predicted molar refractivity (Wildman–Crippen MR) is 97.5 cm³/mol. The second-order valence-corrected chi connectivity index (χ2v) is 6.70. The molecule has 0 saturated heterocycles. The molecule has 0 N–H and O–H groups in total. The number of halogens is 1. The zero-order valence-corrected chi connectivity index (χ0v) is 15.9. The number of aromatic nitrogens is 2. The molecule has 1 amide bonds. The van der Waals surface area contributed by atoms with Gasteiger partial charge in [-0.15, -0.1) is 10.2 Å². The van der Waals surface area contributed by atoms with Gasteiger partial charge in [0.05, 0.1) is 5.75 Å². The van der Waals surface area contributed by atoms with E-state index in [-0.39, 0.29) is 17.5 Å². The van der Waals surface area contributed by atoms with E-state index in [0.29, 0.717) is 30.0 Å². The molecule has 0 fully saturated rings. The highest BCUT2D eigenvalue weighted by Gasteiger charge is 2.18. The summed E-state index contributed by atoms with van der Waals surface area (Å²) in [4.78, 5) is 13.9. The van der Waals surface area contributed by atoms with Crippen molar-refractivity contribution < 1.29 is 18.3 Å². The van der Waals surface area contributed by atoms with E-state index in [0.717, 1.165) is 5.57 Å². The minimum absolute atomic E-state index is 0.0177. The number of amides is 1. The van der Waals surface area contributed by atoms with E-state index < -0.39 is 6.10 Å². The fourth-order valence-electron chi connectivity index (χ4n) is 2.13. The zero-order chi connectivity index (χ0) is 19.1. The van der Waals surface area contributed by atoms with Crippen LogP contribution in [0.15, 0.2) is 46.1 Å². The van der Waals surface area contributed by atoms with Gasteiger partial charge < -0.3 is 14.1 Å². The molecule has 8 heteroatoms. The van der Waals surface area contributed by atoms with E-state index >= 15 is 0 Å². The summed E-state index contributed by atoms with van der Waals surface area (Å²) >= 11 is 1.18. The fraction of sp³-hybridized carbons (Fsp3) is 0.389. The molecule has 2 rings (SSSR count). The van der Waals surface area contributed by atoms with E-state index in [9.17, 15) is 9.18 Å². The molecule has 0 spiro atoms. The summed E-state index contributed by atoms with van der Waals surface area (Å²) in [6.45, 7) is 10.5. The average Bonchev–Trinajstić information content (AvgIpc) is 3.08. The van der Waals surface area contributed by atoms with Gasteiger partial charge in [0.15, 0.2) is 6.10 Å². The van der Waals surface area contributed by atoms with E-state index in [1.54, 1.807) is 11.8 Å². The first-order valence-electron chi connectivity index (χ1n) is 8.19. The highest BCUT2D eigenvalue weighted by atomic mass is 32.2. The molecular formula is C18H22FN3O3S. The Morgan fingerprint density at radius 1 is 1.38 bits per heavy atom. The number of thioether (sulfide) groups is 1. The third-order valence-corrected chi connectivity index (χ3v) is 4.21. The van der Waals surface area contributed by atoms with Gasteiger partial charge in [-0.1, -0.05) is 23.9 Å². The fourth-order valence-corrected chi connectivity index (χ4v) is 2.80. The summed E-state index contributed by atoms with van der Waals surface area (Å²) in [6.07, 6.45) is -0.492. The van der Waals surface area contributed by atoms with Crippen molar-refractivity contribution in [1.82, 2.24) is 15.1 Å². The molecular weight excluding hydrogens is 357 g/mol. The van der Waals surface area contributed by atoms with Gasteiger partial charge in [-0.3, -0.25) is 4.79 Å². The Labute approximate surface area is 156 Å². The van der Waals surface area contributed by atoms with Crippen LogP contribution in [-0.4, -0.2) is 39.8 Å². The molecule has 6 nitrogen and oxygen atoms in total. The Balaban J connectivity index is 1.89. The number of hydrogen-bond acceptors (Lipinski definition) is 6. The van der Waals surface area contributed by atoms with Gasteiger partial charge in [-0.05, 0) is 45.0 Å². The molecule has 1 aromatic carbocycles. The lowest BCUT2D eigenvalue weighted by Gasteiger charge is -2.20. The lowest BCUT2D eigenvalue weighted by Crippen LogP contribution is -2.33. The summed E-state index contributed by atoms with van der Waals surface area (Å²) in [7, 11) is 0. The molecule has 0 saturated carbocycles. The summed E-state index contributed by atoms with van der Waals surface area (Å²) in [5, 5.41) is 8.17. The standard InChI is InChI=1S/C18H22FN3O3S/c1-5-22(10-12(2)3)16(23)11-26-18-21-20-17(25-18)13(4)24-15-8-6-14(19)7-9-15/h6-9,13H,2,5,10-11H2,1,3-4H3/t13-/m1/s1. The minimum Gasteiger partial charge on any atom is -0.481 e. The molecule has 1 aromatic heterocycles. The molecule has 0 radical (unpaired) electrons. The van der Waals surface area contributed by atoms with Crippen molar-refractivity contribution >= 4 is 17.7 Å². The maximum Gasteiger partial charge on any atom is 0.277 e. The second-order valence-electron chi connectivity index (χ2n) is 5.77. The Bertz CT molecular complexity index is 748. The monoisotopic (exact) mass is 379 g/mol. The van der Waals surface area contributed by atoms with Crippen LogP contribution in [0.2, 0.25) is 0 Å². The second kappa shape index (κ2) is 9.38. The van der Waals surface area contributed by atoms with E-state index in [4.69, 9.17) is 9.15 Å². The van der Waals surface area contributed by atoms with Crippen molar-refractivity contribution in [2.24, 2.45) is 0 Å². The molecule has 26 heavy (non-hydrogen) atoms. The van der Waals surface area contributed by atoms with Crippen LogP contribution in [0.3, 0.4) is 0 Å². The number of likely N-dealkylation sites (N-methyl/N-ethyl adjacent to an activating group) is 1. The van der Waals surface area contributed by atoms with Gasteiger partial charge in [0.2, 0.25) is 5.91 Å². The van der Waals surface area contributed by atoms with Crippen molar-refractivity contribution in [3.05, 3.63) is 48.1 Å². The van der Waals surface area contributed by atoms with Gasteiger partial charge in [0.1, 0.15) is 11.6 Å². The normalized spacial score (nSPS) is 11.8. The first kappa shape index (κ1) is 20.0. The maximum absolute atomic E-state index is 12.9. The number of ether oxygens (including phenoxy) is 1. The van der Waals surface area contributed by atoms with Crippen LogP contribution in [-0.2, 0) is 4.79 Å². The van der Waals surface area contributed by atoms with Crippen LogP contribution < -0.4 is 4.74 Å². The molecule has 0 aliphatic carbocycles. The SMILES string of the molecule is C=C(C)CN(CC)C(=O)CSc1nnc([C@@H](C)Oc2ccc(F)cc2)o1. The average molecular weight is 379 g/mol. The van der Waals surface area contributed by atoms with Crippen molar-refractivity contribution in [3.8, 4) is 5.75 Å². The van der Waals surface area contributed by atoms with E-state index in [2.05, 4.69) is 16.8 Å². The molecule has 1 heterocycles. The van der Waals surface area contributed by atoms with Crippen molar-refractivity contribution in [3.63, 3.8) is 0 Å². The first-order chi connectivity index (χ1) is 12.4. The summed E-state index contributed by atoms with van der Waals surface area (Å²) in [5.74, 6) is 0.642. The quantitative estimate of drug-likeness (QED) is 0.487.